The second-order valence-electron chi connectivity index (χ2n) is 7.93. The maximum Gasteiger partial charge on any atom is 0.242 e. The molecule has 3 aromatic rings. The van der Waals surface area contributed by atoms with Crippen molar-refractivity contribution in [1.82, 2.24) is 0 Å². The summed E-state index contributed by atoms with van der Waals surface area (Å²) in [6.07, 6.45) is 1.96. The number of hydrogen-bond acceptors (Lipinski definition) is 3. The highest BCUT2D eigenvalue weighted by atomic mass is 32.2. The second kappa shape index (κ2) is 9.40. The van der Waals surface area contributed by atoms with Crippen molar-refractivity contribution in [1.29, 1.82) is 0 Å². The lowest BCUT2D eigenvalue weighted by Crippen LogP contribution is -2.19. The van der Waals surface area contributed by atoms with Gasteiger partial charge >= 0.3 is 0 Å². The zero-order chi connectivity index (χ0) is 21.8. The van der Waals surface area contributed by atoms with Gasteiger partial charge in [-0.2, -0.15) is 0 Å². The number of carbonyl (C=O) groups excluding carboxylic acids is 2. The van der Waals surface area contributed by atoms with Gasteiger partial charge in [0.2, 0.25) is 11.8 Å². The average molecular weight is 431 g/mol. The SMILES string of the molecule is Cc1cccc(NC(=O)C(Sc2ccc(NC(=O)C3CC3)cc2)c2ccccc2)c1C. The predicted octanol–water partition coefficient (Wildman–Crippen LogP) is 6.12. The molecule has 0 radical (unpaired) electrons. The lowest BCUT2D eigenvalue weighted by atomic mass is 10.1. The molecule has 2 amide bonds. The lowest BCUT2D eigenvalue weighted by Gasteiger charge is -2.19. The van der Waals surface area contributed by atoms with Gasteiger partial charge in [-0.15, -0.1) is 11.8 Å². The van der Waals surface area contributed by atoms with E-state index in [1.807, 2.05) is 86.6 Å². The number of carbonyl (C=O) groups is 2. The molecule has 1 unspecified atom stereocenters. The van der Waals surface area contributed by atoms with E-state index in [9.17, 15) is 9.59 Å². The number of rotatable bonds is 7. The van der Waals surface area contributed by atoms with Crippen LogP contribution >= 0.6 is 11.8 Å². The summed E-state index contributed by atoms with van der Waals surface area (Å²) in [4.78, 5) is 26.2. The third kappa shape index (κ3) is 5.36. The summed E-state index contributed by atoms with van der Waals surface area (Å²) in [6, 6.07) is 23.4. The van der Waals surface area contributed by atoms with E-state index in [4.69, 9.17) is 0 Å². The maximum atomic E-state index is 13.3. The topological polar surface area (TPSA) is 58.2 Å². The van der Waals surface area contributed by atoms with Crippen molar-refractivity contribution in [2.75, 3.05) is 10.6 Å². The zero-order valence-electron chi connectivity index (χ0n) is 17.7. The van der Waals surface area contributed by atoms with Crippen LogP contribution in [-0.4, -0.2) is 11.8 Å². The lowest BCUT2D eigenvalue weighted by molar-refractivity contribution is -0.117. The minimum Gasteiger partial charge on any atom is -0.326 e. The summed E-state index contributed by atoms with van der Waals surface area (Å²) in [6.45, 7) is 4.06. The van der Waals surface area contributed by atoms with Crippen molar-refractivity contribution in [3.63, 3.8) is 0 Å². The van der Waals surface area contributed by atoms with Crippen LogP contribution in [0, 0.1) is 19.8 Å². The molecule has 5 heteroatoms. The molecule has 0 saturated heterocycles. The van der Waals surface area contributed by atoms with Crippen LogP contribution in [0.25, 0.3) is 0 Å². The highest BCUT2D eigenvalue weighted by molar-refractivity contribution is 8.00. The molecule has 0 bridgehead atoms. The van der Waals surface area contributed by atoms with Gasteiger partial charge in [0, 0.05) is 22.2 Å². The second-order valence-corrected chi connectivity index (χ2v) is 9.11. The van der Waals surface area contributed by atoms with E-state index in [1.165, 1.54) is 11.8 Å². The van der Waals surface area contributed by atoms with Crippen LogP contribution in [-0.2, 0) is 9.59 Å². The van der Waals surface area contributed by atoms with Gasteiger partial charge in [-0.05, 0) is 73.7 Å². The molecule has 2 N–H and O–H groups in total. The van der Waals surface area contributed by atoms with E-state index in [0.29, 0.717) is 0 Å². The fourth-order valence-corrected chi connectivity index (χ4v) is 4.35. The van der Waals surface area contributed by atoms with Crippen LogP contribution in [0.3, 0.4) is 0 Å². The largest absolute Gasteiger partial charge is 0.326 e. The minimum absolute atomic E-state index is 0.0592. The summed E-state index contributed by atoms with van der Waals surface area (Å²) < 4.78 is 0. The summed E-state index contributed by atoms with van der Waals surface area (Å²) in [5.41, 5.74) is 4.79. The van der Waals surface area contributed by atoms with E-state index in [2.05, 4.69) is 10.6 Å². The van der Waals surface area contributed by atoms with Gasteiger partial charge < -0.3 is 10.6 Å². The molecule has 1 saturated carbocycles. The first-order valence-corrected chi connectivity index (χ1v) is 11.4. The Bertz CT molecular complexity index is 1080. The van der Waals surface area contributed by atoms with Crippen molar-refractivity contribution in [3.05, 3.63) is 89.5 Å². The molecule has 4 nitrogen and oxygen atoms in total. The van der Waals surface area contributed by atoms with Gasteiger partial charge in [0.15, 0.2) is 0 Å². The third-order valence-corrected chi connectivity index (χ3v) is 6.79. The van der Waals surface area contributed by atoms with E-state index in [0.717, 1.165) is 45.8 Å². The molecule has 1 aliphatic carbocycles. The quantitative estimate of drug-likeness (QED) is 0.444. The summed E-state index contributed by atoms with van der Waals surface area (Å²) >= 11 is 1.50. The molecule has 0 aromatic heterocycles. The fourth-order valence-electron chi connectivity index (χ4n) is 3.33. The number of hydrogen-bond donors (Lipinski definition) is 2. The van der Waals surface area contributed by atoms with Crippen LogP contribution < -0.4 is 10.6 Å². The van der Waals surface area contributed by atoms with Crippen LogP contribution in [0.1, 0.15) is 34.8 Å². The molecular formula is C26H26N2O2S. The first-order valence-electron chi connectivity index (χ1n) is 10.5. The molecule has 0 spiro atoms. The zero-order valence-corrected chi connectivity index (χ0v) is 18.5. The van der Waals surface area contributed by atoms with E-state index < -0.39 is 5.25 Å². The van der Waals surface area contributed by atoms with Gasteiger partial charge in [-0.1, -0.05) is 42.5 Å². The molecule has 0 heterocycles. The van der Waals surface area contributed by atoms with Gasteiger partial charge in [0.05, 0.1) is 0 Å². The molecule has 3 aromatic carbocycles. The Labute approximate surface area is 187 Å². The van der Waals surface area contributed by atoms with Gasteiger partial charge in [-0.3, -0.25) is 9.59 Å². The number of anilines is 2. The highest BCUT2D eigenvalue weighted by Crippen LogP contribution is 2.37. The number of nitrogens with one attached hydrogen (secondary N) is 2. The normalized spacial score (nSPS) is 14.0. The first-order chi connectivity index (χ1) is 15.0. The standard InChI is InChI=1S/C26H26N2O2S/c1-17-7-6-10-23(18(17)2)28-26(30)24(19-8-4-3-5-9-19)31-22-15-13-21(14-16-22)27-25(29)20-11-12-20/h3-10,13-16,20,24H,11-12H2,1-2H3,(H,27,29)(H,28,30). The monoisotopic (exact) mass is 430 g/mol. The van der Waals surface area contributed by atoms with Crippen molar-refractivity contribution < 1.29 is 9.59 Å². The Morgan fingerprint density at radius 2 is 1.58 bits per heavy atom. The summed E-state index contributed by atoms with van der Waals surface area (Å²) in [7, 11) is 0. The minimum atomic E-state index is -0.395. The maximum absolute atomic E-state index is 13.3. The third-order valence-electron chi connectivity index (χ3n) is 5.53. The van der Waals surface area contributed by atoms with E-state index in [1.54, 1.807) is 0 Å². The van der Waals surface area contributed by atoms with Gasteiger partial charge in [0.1, 0.15) is 5.25 Å². The fraction of sp³-hybridized carbons (Fsp3) is 0.231. The predicted molar refractivity (Wildman–Crippen MR) is 127 cm³/mol. The Kier molecular flexibility index (Phi) is 6.42. The Morgan fingerprint density at radius 3 is 2.26 bits per heavy atom. The van der Waals surface area contributed by atoms with Gasteiger partial charge in [-0.25, -0.2) is 0 Å². The van der Waals surface area contributed by atoms with Crippen molar-refractivity contribution in [2.45, 2.75) is 36.8 Å². The summed E-state index contributed by atoms with van der Waals surface area (Å²) in [5, 5.41) is 5.67. The smallest absolute Gasteiger partial charge is 0.242 e. The Balaban J connectivity index is 1.52. The van der Waals surface area contributed by atoms with Crippen molar-refractivity contribution in [2.24, 2.45) is 5.92 Å². The molecule has 1 atom stereocenters. The van der Waals surface area contributed by atoms with Crippen molar-refractivity contribution >= 4 is 35.0 Å². The molecule has 4 rings (SSSR count). The molecule has 1 fully saturated rings. The Morgan fingerprint density at radius 1 is 0.871 bits per heavy atom. The van der Waals surface area contributed by atoms with E-state index >= 15 is 0 Å². The number of amides is 2. The van der Waals surface area contributed by atoms with Crippen LogP contribution in [0.2, 0.25) is 0 Å². The molecule has 158 valence electrons. The average Bonchev–Trinajstić information content (AvgIpc) is 3.62. The molecule has 1 aliphatic rings. The van der Waals surface area contributed by atoms with Crippen molar-refractivity contribution in [3.8, 4) is 0 Å². The van der Waals surface area contributed by atoms with Gasteiger partial charge in [0.25, 0.3) is 0 Å². The number of aryl methyl sites for hydroxylation is 1. The molecule has 31 heavy (non-hydrogen) atoms. The van der Waals surface area contributed by atoms with Crippen LogP contribution in [0.4, 0.5) is 11.4 Å². The Hall–Kier alpha value is -3.05. The first kappa shape index (κ1) is 21.2. The highest BCUT2D eigenvalue weighted by Gasteiger charge is 2.29. The number of thioether (sulfide) groups is 1. The van der Waals surface area contributed by atoms with Crippen LogP contribution in [0.5, 0.6) is 0 Å². The number of benzene rings is 3. The molecule has 0 aliphatic heterocycles. The van der Waals surface area contributed by atoms with Crippen LogP contribution in [0.15, 0.2) is 77.7 Å². The van der Waals surface area contributed by atoms with E-state index in [-0.39, 0.29) is 17.7 Å². The molecular weight excluding hydrogens is 404 g/mol. The summed E-state index contributed by atoms with van der Waals surface area (Å²) in [5.74, 6) is 0.205.